The van der Waals surface area contributed by atoms with E-state index in [-0.39, 0.29) is 0 Å². The van der Waals surface area contributed by atoms with E-state index in [0.717, 1.165) is 16.7 Å². The third-order valence-electron chi connectivity index (χ3n) is 1.79. The molecule has 0 bridgehead atoms. The highest BCUT2D eigenvalue weighted by Gasteiger charge is 2.03. The zero-order chi connectivity index (χ0) is 12.0. The van der Waals surface area contributed by atoms with E-state index in [9.17, 15) is 0 Å². The summed E-state index contributed by atoms with van der Waals surface area (Å²) in [6.45, 7) is 7.00. The Kier molecular flexibility index (Phi) is 5.11. The van der Waals surface area contributed by atoms with Crippen LogP contribution >= 0.6 is 15.9 Å². The number of hydrogen-bond acceptors (Lipinski definition) is 4. The number of nitrogens with zero attached hydrogens (tertiary/aromatic N) is 1. The molecule has 88 valence electrons. The van der Waals surface area contributed by atoms with Gasteiger partial charge in [0.1, 0.15) is 5.82 Å². The van der Waals surface area contributed by atoms with Gasteiger partial charge in [0.05, 0.1) is 12.3 Å². The Labute approximate surface area is 104 Å². The second-order valence-corrected chi connectivity index (χ2v) is 4.43. The lowest BCUT2D eigenvalue weighted by Crippen LogP contribution is -2.06. The van der Waals surface area contributed by atoms with Crippen LogP contribution in [0.2, 0.25) is 0 Å². The molecule has 1 aromatic heterocycles. The van der Waals surface area contributed by atoms with E-state index in [2.05, 4.69) is 32.8 Å². The summed E-state index contributed by atoms with van der Waals surface area (Å²) in [6.07, 6.45) is 0.928. The zero-order valence-electron chi connectivity index (χ0n) is 9.29. The van der Waals surface area contributed by atoms with Gasteiger partial charge in [-0.2, -0.15) is 4.98 Å². The number of halogens is 1. The number of nitrogens with one attached hydrogen (secondary N) is 1. The van der Waals surface area contributed by atoms with Crippen molar-refractivity contribution in [2.75, 3.05) is 24.2 Å². The van der Waals surface area contributed by atoms with Crippen molar-refractivity contribution in [3.05, 3.63) is 23.2 Å². The molecule has 1 heterocycles. The Morgan fingerprint density at radius 2 is 2.38 bits per heavy atom. The molecule has 0 spiro atoms. The largest absolute Gasteiger partial charge is 0.476 e. The molecule has 0 aliphatic rings. The molecule has 16 heavy (non-hydrogen) atoms. The Hall–Kier alpha value is -1.23. The number of pyridine rings is 1. The van der Waals surface area contributed by atoms with Crippen LogP contribution in [0.25, 0.3) is 0 Å². The van der Waals surface area contributed by atoms with E-state index < -0.39 is 0 Å². The van der Waals surface area contributed by atoms with Gasteiger partial charge in [-0.05, 0) is 18.6 Å². The molecule has 0 unspecified atom stereocenters. The third kappa shape index (κ3) is 4.10. The van der Waals surface area contributed by atoms with Crippen molar-refractivity contribution in [2.24, 2.45) is 0 Å². The van der Waals surface area contributed by atoms with Gasteiger partial charge in [0.2, 0.25) is 5.88 Å². The van der Waals surface area contributed by atoms with E-state index in [1.165, 1.54) is 0 Å². The monoisotopic (exact) mass is 285 g/mol. The predicted molar refractivity (Wildman–Crippen MR) is 71.0 cm³/mol. The predicted octanol–water partition coefficient (Wildman–Crippen LogP) is 2.77. The lowest BCUT2D eigenvalue weighted by Gasteiger charge is -2.09. The highest BCUT2D eigenvalue weighted by Crippen LogP contribution is 2.21. The van der Waals surface area contributed by atoms with Gasteiger partial charge >= 0.3 is 0 Å². The quantitative estimate of drug-likeness (QED) is 0.844. The Bertz CT molecular complexity index is 368. The van der Waals surface area contributed by atoms with E-state index in [0.29, 0.717) is 24.7 Å². The summed E-state index contributed by atoms with van der Waals surface area (Å²) >= 11 is 3.27. The van der Waals surface area contributed by atoms with E-state index in [1.54, 1.807) is 6.07 Å². The van der Waals surface area contributed by atoms with Crippen molar-refractivity contribution < 1.29 is 4.74 Å². The zero-order valence-corrected chi connectivity index (χ0v) is 10.9. The molecule has 0 aromatic carbocycles. The van der Waals surface area contributed by atoms with Crippen molar-refractivity contribution >= 4 is 27.4 Å². The summed E-state index contributed by atoms with van der Waals surface area (Å²) in [4.78, 5) is 4.26. The highest BCUT2D eigenvalue weighted by atomic mass is 79.9. The van der Waals surface area contributed by atoms with Gasteiger partial charge in [-0.1, -0.05) is 29.4 Å². The van der Waals surface area contributed by atoms with Crippen molar-refractivity contribution in [1.82, 2.24) is 4.98 Å². The SMILES string of the molecule is C=C(Br)CNc1ccc(N)c(OCCC)n1. The minimum absolute atomic E-state index is 0.479. The topological polar surface area (TPSA) is 60.2 Å². The van der Waals surface area contributed by atoms with Crippen LogP contribution in [-0.4, -0.2) is 18.1 Å². The second kappa shape index (κ2) is 6.37. The van der Waals surface area contributed by atoms with Crippen LogP contribution in [0, 0.1) is 0 Å². The fourth-order valence-electron chi connectivity index (χ4n) is 1.05. The maximum atomic E-state index is 5.74. The summed E-state index contributed by atoms with van der Waals surface area (Å²) in [6, 6.07) is 3.58. The van der Waals surface area contributed by atoms with Gasteiger partial charge in [0.25, 0.3) is 0 Å². The van der Waals surface area contributed by atoms with Gasteiger partial charge in [0.15, 0.2) is 0 Å². The molecule has 1 aromatic rings. The van der Waals surface area contributed by atoms with E-state index >= 15 is 0 Å². The smallest absolute Gasteiger partial charge is 0.239 e. The first kappa shape index (κ1) is 12.8. The first-order chi connectivity index (χ1) is 7.63. The number of ether oxygens (including phenoxy) is 1. The number of nitrogens with two attached hydrogens (primary N) is 1. The van der Waals surface area contributed by atoms with E-state index in [4.69, 9.17) is 10.5 Å². The molecule has 0 saturated heterocycles. The highest BCUT2D eigenvalue weighted by molar-refractivity contribution is 9.11. The summed E-state index contributed by atoms with van der Waals surface area (Å²) < 4.78 is 6.29. The minimum atomic E-state index is 0.479. The number of hydrogen-bond donors (Lipinski definition) is 2. The van der Waals surface area contributed by atoms with Crippen LogP contribution in [0.3, 0.4) is 0 Å². The van der Waals surface area contributed by atoms with Crippen LogP contribution in [0.5, 0.6) is 5.88 Å². The van der Waals surface area contributed by atoms with Crippen LogP contribution < -0.4 is 15.8 Å². The molecule has 1 rings (SSSR count). The Morgan fingerprint density at radius 3 is 3.00 bits per heavy atom. The van der Waals surface area contributed by atoms with Crippen LogP contribution in [-0.2, 0) is 0 Å². The normalized spacial score (nSPS) is 9.88. The molecule has 0 fully saturated rings. The number of anilines is 2. The molecule has 0 radical (unpaired) electrons. The van der Waals surface area contributed by atoms with Gasteiger partial charge in [-0.15, -0.1) is 0 Å². The molecule has 0 atom stereocenters. The number of aromatic nitrogens is 1. The summed E-state index contributed by atoms with van der Waals surface area (Å²) in [7, 11) is 0. The Morgan fingerprint density at radius 1 is 1.62 bits per heavy atom. The van der Waals surface area contributed by atoms with Crippen LogP contribution in [0.15, 0.2) is 23.2 Å². The minimum Gasteiger partial charge on any atom is -0.476 e. The van der Waals surface area contributed by atoms with Crippen LogP contribution in [0.4, 0.5) is 11.5 Å². The average Bonchev–Trinajstić information content (AvgIpc) is 2.26. The van der Waals surface area contributed by atoms with Crippen molar-refractivity contribution in [3.63, 3.8) is 0 Å². The molecular weight excluding hydrogens is 270 g/mol. The fraction of sp³-hybridized carbons (Fsp3) is 0.364. The lowest BCUT2D eigenvalue weighted by atomic mass is 10.4. The molecule has 0 aliphatic carbocycles. The van der Waals surface area contributed by atoms with Gasteiger partial charge in [-0.25, -0.2) is 0 Å². The summed E-state index contributed by atoms with van der Waals surface area (Å²) in [5.74, 6) is 1.20. The molecule has 0 aliphatic heterocycles. The number of rotatable bonds is 6. The standard InChI is InChI=1S/C11H16BrN3O/c1-3-6-16-11-9(13)4-5-10(15-11)14-7-8(2)12/h4-5H,2-3,6-7,13H2,1H3,(H,14,15). The molecule has 0 saturated carbocycles. The van der Waals surface area contributed by atoms with Crippen molar-refractivity contribution in [3.8, 4) is 5.88 Å². The van der Waals surface area contributed by atoms with Gasteiger partial charge in [0, 0.05) is 11.0 Å². The van der Waals surface area contributed by atoms with Crippen LogP contribution in [0.1, 0.15) is 13.3 Å². The molecule has 5 heteroatoms. The maximum Gasteiger partial charge on any atom is 0.239 e. The third-order valence-corrected chi connectivity index (χ3v) is 2.07. The van der Waals surface area contributed by atoms with Crippen molar-refractivity contribution in [1.29, 1.82) is 0 Å². The maximum absolute atomic E-state index is 5.74. The van der Waals surface area contributed by atoms with Gasteiger partial charge in [-0.3, -0.25) is 0 Å². The van der Waals surface area contributed by atoms with E-state index in [1.807, 2.05) is 13.0 Å². The summed E-state index contributed by atoms with van der Waals surface area (Å²) in [5.41, 5.74) is 6.30. The molecule has 3 N–H and O–H groups in total. The molecule has 4 nitrogen and oxygen atoms in total. The Balaban J connectivity index is 2.68. The van der Waals surface area contributed by atoms with Gasteiger partial charge < -0.3 is 15.8 Å². The number of nitrogen functional groups attached to an aromatic ring is 1. The average molecular weight is 286 g/mol. The summed E-state index contributed by atoms with van der Waals surface area (Å²) in [5, 5.41) is 3.10. The first-order valence-electron chi connectivity index (χ1n) is 5.10. The second-order valence-electron chi connectivity index (χ2n) is 3.31. The molecular formula is C11H16BrN3O. The fourth-order valence-corrected chi connectivity index (χ4v) is 1.19. The molecule has 0 amide bonds. The van der Waals surface area contributed by atoms with Crippen molar-refractivity contribution in [2.45, 2.75) is 13.3 Å². The first-order valence-corrected chi connectivity index (χ1v) is 5.89. The lowest BCUT2D eigenvalue weighted by molar-refractivity contribution is 0.307.